The number of H-pyrrole nitrogens is 1. The Kier molecular flexibility index (Phi) is 5.93. The quantitative estimate of drug-likeness (QED) is 0.615. The number of aromatic amines is 1. The first-order valence-corrected chi connectivity index (χ1v) is 8.59. The van der Waals surface area contributed by atoms with E-state index in [4.69, 9.17) is 4.74 Å². The first-order chi connectivity index (χ1) is 13.9. The summed E-state index contributed by atoms with van der Waals surface area (Å²) < 4.78 is 46.0. The molecule has 2 aromatic carbocycles. The highest BCUT2D eigenvalue weighted by Crippen LogP contribution is 2.26. The van der Waals surface area contributed by atoms with Crippen LogP contribution in [0.1, 0.15) is 23.7 Å². The molecule has 2 N–H and O–H groups in total. The number of nitrogens with one attached hydrogen (secondary N) is 2. The van der Waals surface area contributed by atoms with Crippen molar-refractivity contribution in [1.82, 2.24) is 10.2 Å². The molecular weight excluding hydrogens is 387 g/mol. The average Bonchev–Trinajstić information content (AvgIpc) is 3.07. The molecule has 29 heavy (non-hydrogen) atoms. The lowest BCUT2D eigenvalue weighted by molar-refractivity contribution is -0.274. The van der Waals surface area contributed by atoms with E-state index in [-0.39, 0.29) is 18.0 Å². The standard InChI is InChI=1S/C20H16F3N3O3/c1-2-3-4-11-28-15-9-10-17-16(12-15)18(26-25-17)24-19(27)13-5-7-14(8-6-13)29-20(21,22)23/h5-10,12H,2,11H2,1H3,(H2,24,25,26,27). The van der Waals surface area contributed by atoms with Crippen LogP contribution in [-0.4, -0.2) is 29.1 Å². The Bertz CT molecular complexity index is 1060. The molecule has 0 saturated heterocycles. The number of fused-ring (bicyclic) bond motifs is 1. The third-order valence-corrected chi connectivity index (χ3v) is 3.73. The summed E-state index contributed by atoms with van der Waals surface area (Å²) in [6.07, 6.45) is -4.05. The molecule has 6 nitrogen and oxygen atoms in total. The van der Waals surface area contributed by atoms with Gasteiger partial charge in [0, 0.05) is 17.4 Å². The van der Waals surface area contributed by atoms with Crippen LogP contribution < -0.4 is 14.8 Å². The Labute approximate surface area is 164 Å². The number of hydrogen-bond donors (Lipinski definition) is 2. The number of ether oxygens (including phenoxy) is 2. The molecule has 0 aliphatic heterocycles. The fraction of sp³-hybridized carbons (Fsp3) is 0.200. The zero-order chi connectivity index (χ0) is 20.9. The molecule has 1 heterocycles. The van der Waals surface area contributed by atoms with E-state index in [1.807, 2.05) is 6.92 Å². The molecule has 150 valence electrons. The van der Waals surface area contributed by atoms with Crippen LogP contribution in [-0.2, 0) is 0 Å². The summed E-state index contributed by atoms with van der Waals surface area (Å²) in [5.41, 5.74) is 0.833. The zero-order valence-electron chi connectivity index (χ0n) is 15.3. The lowest BCUT2D eigenvalue weighted by Gasteiger charge is -2.09. The van der Waals surface area contributed by atoms with Gasteiger partial charge in [0.2, 0.25) is 0 Å². The number of alkyl halides is 3. The van der Waals surface area contributed by atoms with E-state index in [1.54, 1.807) is 18.2 Å². The van der Waals surface area contributed by atoms with E-state index < -0.39 is 18.0 Å². The Hall–Kier alpha value is -3.67. The van der Waals surface area contributed by atoms with E-state index in [2.05, 4.69) is 32.1 Å². The molecular formula is C20H16F3N3O3. The van der Waals surface area contributed by atoms with E-state index in [0.29, 0.717) is 16.7 Å². The summed E-state index contributed by atoms with van der Waals surface area (Å²) in [5, 5.41) is 10.1. The molecule has 3 aromatic rings. The zero-order valence-corrected chi connectivity index (χ0v) is 15.3. The van der Waals surface area contributed by atoms with Crippen LogP contribution in [0.5, 0.6) is 11.5 Å². The fourth-order valence-electron chi connectivity index (χ4n) is 2.46. The second-order valence-corrected chi connectivity index (χ2v) is 5.80. The minimum atomic E-state index is -4.79. The summed E-state index contributed by atoms with van der Waals surface area (Å²) in [6.45, 7) is 2.18. The molecule has 0 fully saturated rings. The van der Waals surface area contributed by atoms with Gasteiger partial charge in [0.05, 0.1) is 5.52 Å². The normalized spacial score (nSPS) is 10.9. The van der Waals surface area contributed by atoms with Gasteiger partial charge in [-0.15, -0.1) is 19.1 Å². The van der Waals surface area contributed by atoms with Crippen LogP contribution in [0.2, 0.25) is 0 Å². The largest absolute Gasteiger partial charge is 0.573 e. The third kappa shape index (κ3) is 5.42. The maximum Gasteiger partial charge on any atom is 0.573 e. The Morgan fingerprint density at radius 3 is 2.55 bits per heavy atom. The van der Waals surface area contributed by atoms with Crippen molar-refractivity contribution >= 4 is 22.6 Å². The Morgan fingerprint density at radius 2 is 1.86 bits per heavy atom. The molecule has 0 spiro atoms. The van der Waals surface area contributed by atoms with Crippen molar-refractivity contribution in [1.29, 1.82) is 0 Å². The molecule has 0 aliphatic carbocycles. The van der Waals surface area contributed by atoms with Crippen molar-refractivity contribution in [2.75, 3.05) is 11.9 Å². The number of carbonyl (C=O) groups is 1. The predicted molar refractivity (Wildman–Crippen MR) is 101 cm³/mol. The number of amides is 1. The van der Waals surface area contributed by atoms with E-state index >= 15 is 0 Å². The van der Waals surface area contributed by atoms with Gasteiger partial charge in [-0.25, -0.2) is 0 Å². The molecule has 0 aliphatic rings. The van der Waals surface area contributed by atoms with E-state index in [1.165, 1.54) is 12.1 Å². The predicted octanol–water partition coefficient (Wildman–Crippen LogP) is 4.51. The maximum atomic E-state index is 12.4. The highest BCUT2D eigenvalue weighted by atomic mass is 19.4. The number of rotatable bonds is 5. The van der Waals surface area contributed by atoms with E-state index in [0.717, 1.165) is 18.6 Å². The van der Waals surface area contributed by atoms with Gasteiger partial charge in [-0.1, -0.05) is 12.8 Å². The number of hydrogen-bond acceptors (Lipinski definition) is 4. The van der Waals surface area contributed by atoms with Crippen LogP contribution >= 0.6 is 0 Å². The number of carbonyl (C=O) groups excluding carboxylic acids is 1. The first-order valence-electron chi connectivity index (χ1n) is 8.59. The van der Waals surface area contributed by atoms with Crippen LogP contribution in [0.15, 0.2) is 42.5 Å². The SMILES string of the molecule is CCC#CCOc1ccc2[nH]nc(NC(=O)c3ccc(OC(F)(F)F)cc3)c2c1. The molecule has 0 saturated carbocycles. The van der Waals surface area contributed by atoms with Gasteiger partial charge in [0.1, 0.15) is 18.1 Å². The van der Waals surface area contributed by atoms with Gasteiger partial charge in [-0.2, -0.15) is 5.10 Å². The average molecular weight is 403 g/mol. The topological polar surface area (TPSA) is 76.2 Å². The van der Waals surface area contributed by atoms with Crippen molar-refractivity contribution in [3.05, 3.63) is 48.0 Å². The van der Waals surface area contributed by atoms with Gasteiger partial charge in [0.15, 0.2) is 5.82 Å². The van der Waals surface area contributed by atoms with Crippen molar-refractivity contribution < 1.29 is 27.4 Å². The van der Waals surface area contributed by atoms with Gasteiger partial charge in [-0.05, 0) is 42.5 Å². The molecule has 1 aromatic heterocycles. The van der Waals surface area contributed by atoms with Crippen molar-refractivity contribution in [2.45, 2.75) is 19.7 Å². The highest BCUT2D eigenvalue weighted by Gasteiger charge is 2.31. The van der Waals surface area contributed by atoms with Crippen LogP contribution in [0.25, 0.3) is 10.9 Å². The van der Waals surface area contributed by atoms with Crippen LogP contribution in [0, 0.1) is 11.8 Å². The third-order valence-electron chi connectivity index (χ3n) is 3.73. The summed E-state index contributed by atoms with van der Waals surface area (Å²) in [4.78, 5) is 12.4. The second kappa shape index (κ2) is 8.56. The van der Waals surface area contributed by atoms with Gasteiger partial charge in [-0.3, -0.25) is 9.89 Å². The van der Waals surface area contributed by atoms with Gasteiger partial charge >= 0.3 is 6.36 Å². The number of halogens is 3. The second-order valence-electron chi connectivity index (χ2n) is 5.80. The first kappa shape index (κ1) is 20.1. The minimum absolute atomic E-state index is 0.151. The van der Waals surface area contributed by atoms with Crippen LogP contribution in [0.3, 0.4) is 0 Å². The summed E-state index contributed by atoms with van der Waals surface area (Å²) in [5.74, 6) is 5.66. The van der Waals surface area contributed by atoms with Crippen LogP contribution in [0.4, 0.5) is 19.0 Å². The van der Waals surface area contributed by atoms with Gasteiger partial charge < -0.3 is 14.8 Å². The molecule has 0 unspecified atom stereocenters. The summed E-state index contributed by atoms with van der Waals surface area (Å²) in [7, 11) is 0. The fourth-order valence-corrected chi connectivity index (χ4v) is 2.46. The van der Waals surface area contributed by atoms with Gasteiger partial charge in [0.25, 0.3) is 5.91 Å². The highest BCUT2D eigenvalue weighted by molar-refractivity contribution is 6.08. The molecule has 0 atom stereocenters. The number of aromatic nitrogens is 2. The lowest BCUT2D eigenvalue weighted by atomic mass is 10.2. The summed E-state index contributed by atoms with van der Waals surface area (Å²) in [6, 6.07) is 9.80. The Morgan fingerprint density at radius 1 is 1.14 bits per heavy atom. The molecule has 9 heteroatoms. The number of benzene rings is 2. The smallest absolute Gasteiger partial charge is 0.481 e. The molecule has 0 radical (unpaired) electrons. The van der Waals surface area contributed by atoms with Crippen molar-refractivity contribution in [2.24, 2.45) is 0 Å². The molecule has 0 bridgehead atoms. The monoisotopic (exact) mass is 403 g/mol. The molecule has 1 amide bonds. The maximum absolute atomic E-state index is 12.4. The van der Waals surface area contributed by atoms with Crippen molar-refractivity contribution in [3.63, 3.8) is 0 Å². The molecule has 3 rings (SSSR count). The van der Waals surface area contributed by atoms with Crippen molar-refractivity contribution in [3.8, 4) is 23.3 Å². The number of anilines is 1. The lowest BCUT2D eigenvalue weighted by Crippen LogP contribution is -2.17. The summed E-state index contributed by atoms with van der Waals surface area (Å²) >= 11 is 0. The minimum Gasteiger partial charge on any atom is -0.481 e. The van der Waals surface area contributed by atoms with E-state index in [9.17, 15) is 18.0 Å². The Balaban J connectivity index is 1.72. The number of nitrogens with zero attached hydrogens (tertiary/aromatic N) is 1.